The molecule has 64 valence electrons. The number of hydrogen-bond donors (Lipinski definition) is 0. The molecule has 1 saturated heterocycles. The number of ether oxygens (including phenoxy) is 1. The number of amides is 1. The molecule has 0 N–H and O–H groups in total. The summed E-state index contributed by atoms with van der Waals surface area (Å²) < 4.78 is 16.4. The second-order valence-corrected chi connectivity index (χ2v) is 5.45. The van der Waals surface area contributed by atoms with Crippen LogP contribution in [-0.4, -0.2) is 27.4 Å². The van der Waals surface area contributed by atoms with Crippen molar-refractivity contribution in [2.45, 2.75) is 23.8 Å². The van der Waals surface area contributed by atoms with Crippen LogP contribution in [0.25, 0.3) is 0 Å². The molecule has 0 aromatic heterocycles. The van der Waals surface area contributed by atoms with Gasteiger partial charge in [0.05, 0.1) is 10.1 Å². The molecule has 1 aliphatic heterocycles. The molecule has 1 atom stereocenters. The largest absolute Gasteiger partial charge is 0.413 e. The van der Waals surface area contributed by atoms with E-state index in [1.165, 1.54) is 4.90 Å². The minimum absolute atomic E-state index is 0.0365. The first-order chi connectivity index (χ1) is 4.91. The fraction of sp³-hybridized carbons (Fsp3) is 0.833. The molecule has 0 spiro atoms. The summed E-state index contributed by atoms with van der Waals surface area (Å²) >= 11 is 2.06. The van der Waals surface area contributed by atoms with Crippen molar-refractivity contribution in [2.75, 3.05) is 6.54 Å². The smallest absolute Gasteiger partial charge is 0.413 e. The minimum atomic E-state index is -1.46. The van der Waals surface area contributed by atoms with Crippen molar-refractivity contribution in [3.63, 3.8) is 0 Å². The van der Waals surface area contributed by atoms with Gasteiger partial charge in [-0.25, -0.2) is 4.79 Å². The van der Waals surface area contributed by atoms with Gasteiger partial charge in [-0.1, -0.05) is 22.6 Å². The number of halogens is 2. The Morgan fingerprint density at radius 3 is 2.55 bits per heavy atom. The number of nitrogens with zero attached hydrogens (tertiary/aromatic N) is 1. The van der Waals surface area contributed by atoms with Gasteiger partial charge in [0.1, 0.15) is 0 Å². The highest BCUT2D eigenvalue weighted by Gasteiger charge is 2.38. The Morgan fingerprint density at radius 1 is 1.82 bits per heavy atom. The van der Waals surface area contributed by atoms with Gasteiger partial charge in [0, 0.05) is 0 Å². The Hall–Kier alpha value is -0.0700. The molecule has 1 heterocycles. The molecular formula is C6H9FINO2. The third-order valence-electron chi connectivity index (χ3n) is 1.42. The average molecular weight is 273 g/mol. The van der Waals surface area contributed by atoms with E-state index in [-0.39, 0.29) is 10.1 Å². The van der Waals surface area contributed by atoms with Crippen LogP contribution in [0.15, 0.2) is 0 Å². The molecule has 1 aliphatic rings. The molecule has 1 rings (SSSR count). The van der Waals surface area contributed by atoms with E-state index in [1.54, 1.807) is 0 Å². The summed E-state index contributed by atoms with van der Waals surface area (Å²) in [4.78, 5) is 12.2. The van der Waals surface area contributed by atoms with Crippen LogP contribution in [0.1, 0.15) is 13.8 Å². The van der Waals surface area contributed by atoms with E-state index in [1.807, 2.05) is 13.8 Å². The van der Waals surface area contributed by atoms with E-state index in [2.05, 4.69) is 27.3 Å². The predicted octanol–water partition coefficient (Wildman–Crippen LogP) is 1.91. The van der Waals surface area contributed by atoms with Gasteiger partial charge >= 0.3 is 6.09 Å². The molecule has 1 fully saturated rings. The van der Waals surface area contributed by atoms with E-state index in [0.717, 1.165) is 0 Å². The van der Waals surface area contributed by atoms with Crippen LogP contribution >= 0.6 is 22.6 Å². The SMILES string of the molecule is CC(C)(I)N1CC(F)OC1=O. The van der Waals surface area contributed by atoms with Gasteiger partial charge in [0.2, 0.25) is 0 Å². The van der Waals surface area contributed by atoms with Crippen molar-refractivity contribution in [2.24, 2.45) is 0 Å². The van der Waals surface area contributed by atoms with Gasteiger partial charge in [-0.05, 0) is 13.8 Å². The van der Waals surface area contributed by atoms with Crippen LogP contribution in [-0.2, 0) is 4.74 Å². The first kappa shape index (κ1) is 9.02. The van der Waals surface area contributed by atoms with E-state index < -0.39 is 12.5 Å². The van der Waals surface area contributed by atoms with E-state index in [4.69, 9.17) is 0 Å². The fourth-order valence-electron chi connectivity index (χ4n) is 0.863. The second-order valence-electron chi connectivity index (χ2n) is 2.81. The molecule has 3 nitrogen and oxygen atoms in total. The number of rotatable bonds is 1. The maximum absolute atomic E-state index is 12.5. The Labute approximate surface area is 78.0 Å². The minimum Gasteiger partial charge on any atom is -0.413 e. The third kappa shape index (κ3) is 1.94. The molecule has 0 radical (unpaired) electrons. The van der Waals surface area contributed by atoms with Crippen molar-refractivity contribution < 1.29 is 13.9 Å². The Kier molecular flexibility index (Phi) is 2.27. The van der Waals surface area contributed by atoms with Crippen LogP contribution in [0.3, 0.4) is 0 Å². The highest BCUT2D eigenvalue weighted by Crippen LogP contribution is 2.28. The van der Waals surface area contributed by atoms with Gasteiger partial charge in [-0.2, -0.15) is 4.39 Å². The number of carbonyl (C=O) groups excluding carboxylic acids is 1. The summed E-state index contributed by atoms with van der Waals surface area (Å²) in [7, 11) is 0. The standard InChI is InChI=1S/C6H9FINO2/c1-6(2,8)9-3-4(7)11-5(9)10/h4H,3H2,1-2H3. The summed E-state index contributed by atoms with van der Waals surface area (Å²) in [6, 6.07) is 0. The number of cyclic esters (lactones) is 1. The van der Waals surface area contributed by atoms with Crippen LogP contribution in [0.2, 0.25) is 0 Å². The topological polar surface area (TPSA) is 29.5 Å². The summed E-state index contributed by atoms with van der Waals surface area (Å²) in [5.41, 5.74) is 0. The third-order valence-corrected chi connectivity index (χ3v) is 2.00. The first-order valence-corrected chi connectivity index (χ1v) is 4.30. The average Bonchev–Trinajstić information content (AvgIpc) is 2.08. The highest BCUT2D eigenvalue weighted by atomic mass is 127. The van der Waals surface area contributed by atoms with Gasteiger partial charge in [0.15, 0.2) is 0 Å². The quantitative estimate of drug-likeness (QED) is 0.415. The maximum atomic E-state index is 12.5. The molecule has 0 aliphatic carbocycles. The maximum Gasteiger partial charge on any atom is 0.413 e. The molecule has 11 heavy (non-hydrogen) atoms. The van der Waals surface area contributed by atoms with Crippen molar-refractivity contribution >= 4 is 28.7 Å². The van der Waals surface area contributed by atoms with Crippen LogP contribution < -0.4 is 0 Å². The van der Waals surface area contributed by atoms with Crippen LogP contribution in [0.4, 0.5) is 9.18 Å². The van der Waals surface area contributed by atoms with Crippen molar-refractivity contribution in [1.29, 1.82) is 0 Å². The summed E-state index contributed by atoms with van der Waals surface area (Å²) in [5, 5.41) is 0. The van der Waals surface area contributed by atoms with Gasteiger partial charge in [0.25, 0.3) is 6.36 Å². The Morgan fingerprint density at radius 2 is 2.36 bits per heavy atom. The first-order valence-electron chi connectivity index (χ1n) is 3.22. The lowest BCUT2D eigenvalue weighted by atomic mass is 10.3. The number of alkyl halides is 2. The Balaban J connectivity index is 2.68. The second kappa shape index (κ2) is 2.76. The van der Waals surface area contributed by atoms with E-state index in [0.29, 0.717) is 0 Å². The molecule has 1 unspecified atom stereocenters. The lowest BCUT2D eigenvalue weighted by Crippen LogP contribution is -2.39. The van der Waals surface area contributed by atoms with Crippen molar-refractivity contribution in [3.8, 4) is 0 Å². The van der Waals surface area contributed by atoms with Crippen molar-refractivity contribution in [3.05, 3.63) is 0 Å². The molecule has 0 aromatic carbocycles. The molecular weight excluding hydrogens is 264 g/mol. The summed E-state index contributed by atoms with van der Waals surface area (Å²) in [5.74, 6) is 0. The summed E-state index contributed by atoms with van der Waals surface area (Å²) in [6.07, 6.45) is -2.03. The van der Waals surface area contributed by atoms with E-state index in [9.17, 15) is 9.18 Å². The zero-order valence-corrected chi connectivity index (χ0v) is 8.46. The fourth-order valence-corrected chi connectivity index (χ4v) is 1.26. The predicted molar refractivity (Wildman–Crippen MR) is 46.2 cm³/mol. The lowest BCUT2D eigenvalue weighted by Gasteiger charge is -2.26. The zero-order valence-electron chi connectivity index (χ0n) is 6.30. The molecule has 1 amide bonds. The van der Waals surface area contributed by atoms with Gasteiger partial charge in [-0.15, -0.1) is 0 Å². The molecule has 0 bridgehead atoms. The van der Waals surface area contributed by atoms with Crippen molar-refractivity contribution in [1.82, 2.24) is 4.90 Å². The monoisotopic (exact) mass is 273 g/mol. The van der Waals surface area contributed by atoms with Crippen LogP contribution in [0, 0.1) is 0 Å². The lowest BCUT2D eigenvalue weighted by molar-refractivity contribution is 0.0574. The highest BCUT2D eigenvalue weighted by molar-refractivity contribution is 14.1. The molecule has 0 aromatic rings. The van der Waals surface area contributed by atoms with Gasteiger partial charge in [-0.3, -0.25) is 4.90 Å². The van der Waals surface area contributed by atoms with Gasteiger partial charge < -0.3 is 4.74 Å². The number of carbonyl (C=O) groups is 1. The zero-order chi connectivity index (χ0) is 8.65. The normalized spacial score (nSPS) is 25.6. The van der Waals surface area contributed by atoms with Crippen LogP contribution in [0.5, 0.6) is 0 Å². The molecule has 0 saturated carbocycles. The van der Waals surface area contributed by atoms with E-state index >= 15 is 0 Å². The number of hydrogen-bond acceptors (Lipinski definition) is 2. The Bertz CT molecular complexity index is 180. The summed E-state index contributed by atoms with van der Waals surface area (Å²) in [6.45, 7) is 3.69. The molecule has 5 heteroatoms.